The molecule has 0 spiro atoms. The Morgan fingerprint density at radius 2 is 1.50 bits per heavy atom. The van der Waals surface area contributed by atoms with Crippen LogP contribution in [0.4, 0.5) is 0 Å². The van der Waals surface area contributed by atoms with Gasteiger partial charge in [-0.3, -0.25) is 0 Å². The molecule has 2 aliphatic rings. The van der Waals surface area contributed by atoms with E-state index >= 15 is 0 Å². The highest BCUT2D eigenvalue weighted by Crippen LogP contribution is 2.28. The first-order valence-corrected chi connectivity index (χ1v) is 5.70. The SMILES string of the molecule is C1CCCC(C2CCCN2)CC1. The molecule has 1 aliphatic carbocycles. The maximum atomic E-state index is 3.65. The van der Waals surface area contributed by atoms with E-state index in [1.165, 1.54) is 57.9 Å². The highest BCUT2D eigenvalue weighted by Gasteiger charge is 2.24. The van der Waals surface area contributed by atoms with Crippen molar-refractivity contribution in [1.82, 2.24) is 5.32 Å². The zero-order chi connectivity index (χ0) is 8.23. The molecule has 1 saturated carbocycles. The van der Waals surface area contributed by atoms with Crippen LogP contribution in [0.15, 0.2) is 0 Å². The van der Waals surface area contributed by atoms with Gasteiger partial charge < -0.3 is 5.32 Å². The normalized spacial score (nSPS) is 33.5. The minimum Gasteiger partial charge on any atom is -0.314 e. The second kappa shape index (κ2) is 4.27. The molecule has 70 valence electrons. The van der Waals surface area contributed by atoms with Gasteiger partial charge in [0.25, 0.3) is 0 Å². The zero-order valence-corrected chi connectivity index (χ0v) is 8.02. The van der Waals surface area contributed by atoms with Gasteiger partial charge in [0, 0.05) is 6.04 Å². The van der Waals surface area contributed by atoms with Gasteiger partial charge in [-0.2, -0.15) is 0 Å². The van der Waals surface area contributed by atoms with E-state index in [0.717, 1.165) is 12.0 Å². The quantitative estimate of drug-likeness (QED) is 0.592. The van der Waals surface area contributed by atoms with Crippen molar-refractivity contribution in [3.63, 3.8) is 0 Å². The van der Waals surface area contributed by atoms with Crippen molar-refractivity contribution in [3.05, 3.63) is 0 Å². The predicted molar refractivity (Wildman–Crippen MR) is 52.2 cm³/mol. The van der Waals surface area contributed by atoms with Crippen molar-refractivity contribution < 1.29 is 0 Å². The number of rotatable bonds is 1. The Kier molecular flexibility index (Phi) is 3.04. The molecule has 12 heavy (non-hydrogen) atoms. The van der Waals surface area contributed by atoms with Crippen molar-refractivity contribution in [2.45, 2.75) is 57.4 Å². The van der Waals surface area contributed by atoms with E-state index in [1.54, 1.807) is 0 Å². The molecule has 0 aromatic rings. The van der Waals surface area contributed by atoms with Gasteiger partial charge in [0.05, 0.1) is 0 Å². The standard InChI is InChI=1S/C11H21N/c1-2-4-7-10(6-3-1)11-8-5-9-12-11/h10-12H,1-9H2. The highest BCUT2D eigenvalue weighted by atomic mass is 14.9. The molecular weight excluding hydrogens is 146 g/mol. The fourth-order valence-electron chi connectivity index (χ4n) is 2.83. The fourth-order valence-corrected chi connectivity index (χ4v) is 2.83. The molecule has 1 nitrogen and oxygen atoms in total. The molecule has 2 rings (SSSR count). The Morgan fingerprint density at radius 3 is 2.08 bits per heavy atom. The maximum absolute atomic E-state index is 3.65. The van der Waals surface area contributed by atoms with Gasteiger partial charge in [0.2, 0.25) is 0 Å². The number of nitrogens with one attached hydrogen (secondary N) is 1. The monoisotopic (exact) mass is 167 g/mol. The van der Waals surface area contributed by atoms with Gasteiger partial charge in [0.15, 0.2) is 0 Å². The number of hydrogen-bond acceptors (Lipinski definition) is 1. The van der Waals surface area contributed by atoms with Crippen molar-refractivity contribution in [1.29, 1.82) is 0 Å². The first kappa shape index (κ1) is 8.55. The van der Waals surface area contributed by atoms with Crippen molar-refractivity contribution in [2.24, 2.45) is 5.92 Å². The molecule has 0 radical (unpaired) electrons. The summed E-state index contributed by atoms with van der Waals surface area (Å²) in [7, 11) is 0. The lowest BCUT2D eigenvalue weighted by Crippen LogP contribution is -2.30. The lowest BCUT2D eigenvalue weighted by molar-refractivity contribution is 0.349. The first-order valence-electron chi connectivity index (χ1n) is 5.70. The smallest absolute Gasteiger partial charge is 0.00957 e. The molecule has 1 heteroatoms. The molecule has 0 aromatic carbocycles. The minimum absolute atomic E-state index is 0.892. The summed E-state index contributed by atoms with van der Waals surface area (Å²) in [4.78, 5) is 0. The summed E-state index contributed by atoms with van der Waals surface area (Å²) in [5.41, 5.74) is 0. The fraction of sp³-hybridized carbons (Fsp3) is 1.00. The summed E-state index contributed by atoms with van der Waals surface area (Å²) in [6, 6.07) is 0.892. The van der Waals surface area contributed by atoms with Crippen LogP contribution in [0.5, 0.6) is 0 Å². The van der Waals surface area contributed by atoms with Crippen LogP contribution >= 0.6 is 0 Å². The zero-order valence-electron chi connectivity index (χ0n) is 8.02. The molecule has 0 aromatic heterocycles. The molecule has 1 heterocycles. The topological polar surface area (TPSA) is 12.0 Å². The largest absolute Gasteiger partial charge is 0.314 e. The second-order valence-electron chi connectivity index (χ2n) is 4.45. The third-order valence-electron chi connectivity index (χ3n) is 3.57. The van der Waals surface area contributed by atoms with E-state index in [-0.39, 0.29) is 0 Å². The number of hydrogen-bond donors (Lipinski definition) is 1. The van der Waals surface area contributed by atoms with E-state index < -0.39 is 0 Å². The van der Waals surface area contributed by atoms with Crippen LogP contribution in [0.1, 0.15) is 51.4 Å². The second-order valence-corrected chi connectivity index (χ2v) is 4.45. The Bertz CT molecular complexity index is 119. The van der Waals surface area contributed by atoms with Crippen molar-refractivity contribution >= 4 is 0 Å². The molecular formula is C11H21N. The van der Waals surface area contributed by atoms with Gasteiger partial charge in [-0.25, -0.2) is 0 Å². The molecule has 1 aliphatic heterocycles. The summed E-state index contributed by atoms with van der Waals surface area (Å²) >= 11 is 0. The lowest BCUT2D eigenvalue weighted by atomic mass is 9.91. The average Bonchev–Trinajstić information content (AvgIpc) is 2.48. The van der Waals surface area contributed by atoms with Gasteiger partial charge in [-0.15, -0.1) is 0 Å². The minimum atomic E-state index is 0.892. The summed E-state index contributed by atoms with van der Waals surface area (Å²) in [5.74, 6) is 1.02. The lowest BCUT2D eigenvalue weighted by Gasteiger charge is -2.21. The van der Waals surface area contributed by atoms with E-state index in [4.69, 9.17) is 0 Å². The van der Waals surface area contributed by atoms with Gasteiger partial charge in [-0.05, 0) is 38.1 Å². The Hall–Kier alpha value is -0.0400. The summed E-state index contributed by atoms with van der Waals surface area (Å²) in [6.45, 7) is 1.28. The average molecular weight is 167 g/mol. The van der Waals surface area contributed by atoms with Crippen LogP contribution in [0, 0.1) is 5.92 Å². The summed E-state index contributed by atoms with van der Waals surface area (Å²) in [5, 5.41) is 3.65. The molecule has 1 N–H and O–H groups in total. The van der Waals surface area contributed by atoms with Gasteiger partial charge >= 0.3 is 0 Å². The Labute approximate surface area is 75.9 Å². The van der Waals surface area contributed by atoms with Crippen molar-refractivity contribution in [3.8, 4) is 0 Å². The third-order valence-corrected chi connectivity index (χ3v) is 3.57. The molecule has 1 saturated heterocycles. The van der Waals surface area contributed by atoms with Crippen LogP contribution in [-0.2, 0) is 0 Å². The van der Waals surface area contributed by atoms with Crippen LogP contribution in [0.25, 0.3) is 0 Å². The summed E-state index contributed by atoms with van der Waals surface area (Å²) in [6.07, 6.45) is 11.8. The third kappa shape index (κ3) is 2.01. The predicted octanol–water partition coefficient (Wildman–Crippen LogP) is 2.71. The van der Waals surface area contributed by atoms with Crippen LogP contribution < -0.4 is 5.32 Å². The Balaban J connectivity index is 1.83. The highest BCUT2D eigenvalue weighted by molar-refractivity contribution is 4.82. The van der Waals surface area contributed by atoms with Crippen LogP contribution in [-0.4, -0.2) is 12.6 Å². The molecule has 2 fully saturated rings. The van der Waals surface area contributed by atoms with E-state index in [2.05, 4.69) is 5.32 Å². The van der Waals surface area contributed by atoms with E-state index in [9.17, 15) is 0 Å². The molecule has 0 bridgehead atoms. The molecule has 1 unspecified atom stereocenters. The van der Waals surface area contributed by atoms with Gasteiger partial charge in [0.1, 0.15) is 0 Å². The first-order chi connectivity index (χ1) is 5.97. The Morgan fingerprint density at radius 1 is 0.750 bits per heavy atom. The molecule has 0 amide bonds. The van der Waals surface area contributed by atoms with Crippen LogP contribution in [0.2, 0.25) is 0 Å². The van der Waals surface area contributed by atoms with Gasteiger partial charge in [-0.1, -0.05) is 25.7 Å². The van der Waals surface area contributed by atoms with E-state index in [1.807, 2.05) is 0 Å². The maximum Gasteiger partial charge on any atom is 0.00957 e. The molecule has 1 atom stereocenters. The van der Waals surface area contributed by atoms with E-state index in [0.29, 0.717) is 0 Å². The summed E-state index contributed by atoms with van der Waals surface area (Å²) < 4.78 is 0. The van der Waals surface area contributed by atoms with Crippen LogP contribution in [0.3, 0.4) is 0 Å². The van der Waals surface area contributed by atoms with Crippen molar-refractivity contribution in [2.75, 3.05) is 6.54 Å².